The second-order valence-corrected chi connectivity index (χ2v) is 10.9. The van der Waals surface area contributed by atoms with E-state index >= 15 is 0 Å². The van der Waals surface area contributed by atoms with Crippen molar-refractivity contribution in [1.82, 2.24) is 4.90 Å². The van der Waals surface area contributed by atoms with Gasteiger partial charge < -0.3 is 15.7 Å². The fourth-order valence-electron chi connectivity index (χ4n) is 4.62. The zero-order chi connectivity index (χ0) is 25.8. The van der Waals surface area contributed by atoms with Gasteiger partial charge in [-0.3, -0.25) is 14.5 Å². The maximum Gasteiger partial charge on any atom is 0.303 e. The fourth-order valence-corrected chi connectivity index (χ4v) is 5.77. The molecule has 0 unspecified atom stereocenters. The number of thioether (sulfide) groups is 1. The number of rotatable bonds is 8. The van der Waals surface area contributed by atoms with Gasteiger partial charge in [-0.15, -0.1) is 0 Å². The molecule has 3 N–H and O–H groups in total. The molecule has 8 heteroatoms. The lowest BCUT2D eigenvalue weighted by Crippen LogP contribution is -2.31. The first-order chi connectivity index (χ1) is 18.0. The van der Waals surface area contributed by atoms with Crippen LogP contribution in [0.5, 0.6) is 0 Å². The summed E-state index contributed by atoms with van der Waals surface area (Å²) in [6, 6.07) is 21.4. The normalized spacial score (nSPS) is 16.7. The number of fused-ring (bicyclic) bond motifs is 1. The molecule has 0 radical (unpaired) electrons. The van der Waals surface area contributed by atoms with Gasteiger partial charge in [0.05, 0.1) is 17.0 Å². The maximum absolute atomic E-state index is 13.1. The second kappa shape index (κ2) is 11.4. The molecule has 3 aromatic carbocycles. The molecule has 0 bridgehead atoms. The molecule has 5 rings (SSSR count). The lowest BCUT2D eigenvalue weighted by atomic mass is 9.98. The Morgan fingerprint density at radius 3 is 2.41 bits per heavy atom. The van der Waals surface area contributed by atoms with Gasteiger partial charge in [-0.2, -0.15) is 11.8 Å². The van der Waals surface area contributed by atoms with E-state index in [0.29, 0.717) is 28.4 Å². The summed E-state index contributed by atoms with van der Waals surface area (Å²) in [6.07, 6.45) is 0.526. The van der Waals surface area contributed by atoms with Crippen molar-refractivity contribution in [2.24, 2.45) is 0 Å². The standard InChI is InChI=1S/C29H28ClN3O3S/c30-22-8-11-24-25(17-22)32-29(36)27(24)28(21-6-1-19(2-7-21)5-12-26(34)35)31-23-9-3-20(4-10-23)18-33-13-15-37-16-14-33/h1-4,6-11,17,31H,5,12-16,18H2,(H,32,36)(H,34,35)/b28-27-. The average molecular weight is 534 g/mol. The first kappa shape index (κ1) is 25.4. The molecule has 1 amide bonds. The third-order valence-corrected chi connectivity index (χ3v) is 7.76. The van der Waals surface area contributed by atoms with E-state index in [4.69, 9.17) is 16.7 Å². The maximum atomic E-state index is 13.1. The van der Waals surface area contributed by atoms with E-state index in [2.05, 4.69) is 27.7 Å². The summed E-state index contributed by atoms with van der Waals surface area (Å²) in [6.45, 7) is 3.16. The summed E-state index contributed by atoms with van der Waals surface area (Å²) >= 11 is 8.18. The van der Waals surface area contributed by atoms with E-state index in [0.717, 1.165) is 42.0 Å². The van der Waals surface area contributed by atoms with Crippen molar-refractivity contribution in [2.45, 2.75) is 19.4 Å². The van der Waals surface area contributed by atoms with Crippen molar-refractivity contribution in [3.05, 3.63) is 94.0 Å². The van der Waals surface area contributed by atoms with Gasteiger partial charge >= 0.3 is 5.97 Å². The number of carbonyl (C=O) groups excluding carboxylic acids is 1. The number of benzene rings is 3. The summed E-state index contributed by atoms with van der Waals surface area (Å²) in [5, 5.41) is 16.0. The van der Waals surface area contributed by atoms with Crippen molar-refractivity contribution in [1.29, 1.82) is 0 Å². The molecule has 190 valence electrons. The van der Waals surface area contributed by atoms with Crippen LogP contribution >= 0.6 is 23.4 Å². The van der Waals surface area contributed by atoms with Crippen molar-refractivity contribution in [3.63, 3.8) is 0 Å². The number of carboxylic acids is 1. The lowest BCUT2D eigenvalue weighted by molar-refractivity contribution is -0.137. The molecule has 1 fully saturated rings. The molecule has 0 spiro atoms. The zero-order valence-electron chi connectivity index (χ0n) is 20.3. The van der Waals surface area contributed by atoms with Gasteiger partial charge in [-0.1, -0.05) is 54.1 Å². The van der Waals surface area contributed by atoms with Crippen LogP contribution in [0.1, 0.15) is 28.7 Å². The number of aryl methyl sites for hydroxylation is 1. The van der Waals surface area contributed by atoms with Gasteiger partial charge in [0, 0.05) is 53.8 Å². The number of halogens is 1. The van der Waals surface area contributed by atoms with Crippen LogP contribution in [0.3, 0.4) is 0 Å². The zero-order valence-corrected chi connectivity index (χ0v) is 21.9. The second-order valence-electron chi connectivity index (χ2n) is 9.20. The Hall–Kier alpha value is -3.26. The number of hydrogen-bond donors (Lipinski definition) is 3. The minimum absolute atomic E-state index is 0.0741. The highest BCUT2D eigenvalue weighted by Crippen LogP contribution is 2.39. The molecule has 0 aromatic heterocycles. The summed E-state index contributed by atoms with van der Waals surface area (Å²) < 4.78 is 0. The number of carboxylic acid groups (broad SMARTS) is 1. The topological polar surface area (TPSA) is 81.7 Å². The Morgan fingerprint density at radius 2 is 1.70 bits per heavy atom. The van der Waals surface area contributed by atoms with Gasteiger partial charge in [0.25, 0.3) is 5.91 Å². The summed E-state index contributed by atoms with van der Waals surface area (Å²) in [5.41, 5.74) is 6.59. The van der Waals surface area contributed by atoms with Crippen LogP contribution in [0, 0.1) is 0 Å². The molecular formula is C29H28ClN3O3S. The Morgan fingerprint density at radius 1 is 1.00 bits per heavy atom. The van der Waals surface area contributed by atoms with Crippen LogP contribution in [0.25, 0.3) is 11.3 Å². The van der Waals surface area contributed by atoms with Crippen LogP contribution in [0.4, 0.5) is 11.4 Å². The highest BCUT2D eigenvalue weighted by molar-refractivity contribution is 7.99. The van der Waals surface area contributed by atoms with E-state index < -0.39 is 5.97 Å². The fraction of sp³-hybridized carbons (Fsp3) is 0.241. The Bertz CT molecular complexity index is 1330. The van der Waals surface area contributed by atoms with E-state index in [-0.39, 0.29) is 12.3 Å². The van der Waals surface area contributed by atoms with Crippen LogP contribution in [0.15, 0.2) is 66.7 Å². The van der Waals surface area contributed by atoms with Crippen LogP contribution in [-0.2, 0) is 22.6 Å². The minimum atomic E-state index is -0.825. The molecule has 0 saturated carbocycles. The summed E-state index contributed by atoms with van der Waals surface area (Å²) in [4.78, 5) is 26.6. The van der Waals surface area contributed by atoms with Gasteiger partial charge in [0.15, 0.2) is 0 Å². The Labute approximate surface area is 225 Å². The molecule has 2 aliphatic heterocycles. The van der Waals surface area contributed by atoms with Crippen molar-refractivity contribution < 1.29 is 14.7 Å². The molecule has 2 heterocycles. The highest BCUT2D eigenvalue weighted by Gasteiger charge is 2.28. The smallest absolute Gasteiger partial charge is 0.303 e. The van der Waals surface area contributed by atoms with Crippen molar-refractivity contribution >= 4 is 57.9 Å². The molecule has 3 aromatic rings. The average Bonchev–Trinajstić information content (AvgIpc) is 3.22. The molecule has 2 aliphatic rings. The Kier molecular flexibility index (Phi) is 7.84. The van der Waals surface area contributed by atoms with Gasteiger partial charge in [-0.25, -0.2) is 0 Å². The molecule has 6 nitrogen and oxygen atoms in total. The third-order valence-electron chi connectivity index (χ3n) is 6.58. The number of aliphatic carboxylic acids is 1. The molecule has 37 heavy (non-hydrogen) atoms. The predicted molar refractivity (Wildman–Crippen MR) is 152 cm³/mol. The summed E-state index contributed by atoms with van der Waals surface area (Å²) in [5.74, 6) is 1.34. The van der Waals surface area contributed by atoms with Gasteiger partial charge in [0.1, 0.15) is 0 Å². The number of carbonyl (C=O) groups is 2. The van der Waals surface area contributed by atoms with Gasteiger partial charge in [0.2, 0.25) is 0 Å². The minimum Gasteiger partial charge on any atom is -0.481 e. The van der Waals surface area contributed by atoms with Crippen LogP contribution < -0.4 is 10.6 Å². The third kappa shape index (κ3) is 6.18. The van der Waals surface area contributed by atoms with Crippen LogP contribution in [-0.4, -0.2) is 46.5 Å². The van der Waals surface area contributed by atoms with Crippen LogP contribution in [0.2, 0.25) is 5.02 Å². The van der Waals surface area contributed by atoms with Gasteiger partial charge in [-0.05, 0) is 47.4 Å². The first-order valence-electron chi connectivity index (χ1n) is 12.3. The number of amides is 1. The molecule has 0 aliphatic carbocycles. The van der Waals surface area contributed by atoms with E-state index in [9.17, 15) is 9.59 Å². The summed E-state index contributed by atoms with van der Waals surface area (Å²) in [7, 11) is 0. The Balaban J connectivity index is 1.46. The highest BCUT2D eigenvalue weighted by atomic mass is 35.5. The molecular weight excluding hydrogens is 506 g/mol. The van der Waals surface area contributed by atoms with Crippen molar-refractivity contribution in [3.8, 4) is 0 Å². The number of anilines is 2. The van der Waals surface area contributed by atoms with Crippen molar-refractivity contribution in [2.75, 3.05) is 35.2 Å². The van der Waals surface area contributed by atoms with E-state index in [1.54, 1.807) is 12.1 Å². The SMILES string of the molecule is O=C(O)CCc1ccc(/C(Nc2ccc(CN3CCSCC3)cc2)=C2/C(=O)Nc3cc(Cl)ccc32)cc1. The first-order valence-corrected chi connectivity index (χ1v) is 13.8. The number of nitrogens with one attached hydrogen (secondary N) is 2. The quantitative estimate of drug-likeness (QED) is 0.316. The predicted octanol–water partition coefficient (Wildman–Crippen LogP) is 5.84. The molecule has 0 atom stereocenters. The van der Waals surface area contributed by atoms with E-state index in [1.165, 1.54) is 17.1 Å². The largest absolute Gasteiger partial charge is 0.481 e. The monoisotopic (exact) mass is 533 g/mol. The lowest BCUT2D eigenvalue weighted by Gasteiger charge is -2.26. The number of hydrogen-bond acceptors (Lipinski definition) is 5. The number of nitrogens with zero attached hydrogens (tertiary/aromatic N) is 1. The van der Waals surface area contributed by atoms with E-state index in [1.807, 2.05) is 54.2 Å². The molecule has 1 saturated heterocycles.